The summed E-state index contributed by atoms with van der Waals surface area (Å²) in [5.41, 5.74) is 1.80. The Morgan fingerprint density at radius 3 is 2.27 bits per heavy atom. The Morgan fingerprint density at radius 2 is 1.60 bits per heavy atom. The molecular formula is C22H27FN2O5. The number of nitrogens with one attached hydrogen (secondary N) is 2. The van der Waals surface area contributed by atoms with E-state index in [9.17, 15) is 19.4 Å². The lowest BCUT2D eigenvalue weighted by atomic mass is 10.1. The van der Waals surface area contributed by atoms with Gasteiger partial charge in [-0.15, -0.1) is 0 Å². The van der Waals surface area contributed by atoms with Crippen molar-refractivity contribution in [1.82, 2.24) is 10.6 Å². The zero-order valence-corrected chi connectivity index (χ0v) is 16.8. The number of amides is 1. The number of methoxy groups -OCH3 is 1. The van der Waals surface area contributed by atoms with Crippen LogP contribution in [-0.2, 0) is 22.6 Å². The van der Waals surface area contributed by atoms with Crippen molar-refractivity contribution in [2.75, 3.05) is 13.7 Å². The molecule has 2 aromatic carbocycles. The van der Waals surface area contributed by atoms with Crippen LogP contribution in [0, 0.1) is 5.82 Å². The largest absolute Gasteiger partial charge is 0.497 e. The first-order valence-electron chi connectivity index (χ1n) is 9.82. The molecule has 4 atom stereocenters. The minimum atomic E-state index is -1.14. The molecule has 8 heteroatoms. The standard InChI is InChI=1S/C22H27FN2O5/c1-29-17-8-4-15(5-9-17)12-25-20(26)10-18-21(27)22(28)19(30-18)13-24-11-14-2-6-16(23)7-3-14/h2-9,18-19,21-22,24,27-28H,10-13H2,1H3,(H,25,26)/t18-,19+,21-,22+/m0/s1. The van der Waals surface area contributed by atoms with E-state index in [4.69, 9.17) is 9.47 Å². The monoisotopic (exact) mass is 418 g/mol. The van der Waals surface area contributed by atoms with Crippen molar-refractivity contribution in [2.45, 2.75) is 43.9 Å². The summed E-state index contributed by atoms with van der Waals surface area (Å²) in [5, 5.41) is 26.4. The number of aliphatic hydroxyl groups is 2. The number of ether oxygens (including phenoxy) is 2. The van der Waals surface area contributed by atoms with Crippen molar-refractivity contribution in [1.29, 1.82) is 0 Å². The SMILES string of the molecule is COc1ccc(CNC(=O)C[C@@H]2O[C@H](CNCc3ccc(F)cc3)[C@@H](O)[C@H]2O)cc1. The van der Waals surface area contributed by atoms with Crippen LogP contribution in [-0.4, -0.2) is 54.2 Å². The van der Waals surface area contributed by atoms with Crippen molar-refractivity contribution in [2.24, 2.45) is 0 Å². The number of aliphatic hydroxyl groups excluding tert-OH is 2. The maximum absolute atomic E-state index is 12.9. The molecule has 7 nitrogen and oxygen atoms in total. The van der Waals surface area contributed by atoms with E-state index in [-0.39, 0.29) is 18.1 Å². The van der Waals surface area contributed by atoms with Crippen molar-refractivity contribution >= 4 is 5.91 Å². The first-order valence-corrected chi connectivity index (χ1v) is 9.82. The normalized spacial score (nSPS) is 23.3. The van der Waals surface area contributed by atoms with Crippen LogP contribution in [0.25, 0.3) is 0 Å². The lowest BCUT2D eigenvalue weighted by Gasteiger charge is -2.15. The summed E-state index contributed by atoms with van der Waals surface area (Å²) in [6, 6.07) is 13.4. The van der Waals surface area contributed by atoms with Crippen LogP contribution in [0.2, 0.25) is 0 Å². The molecule has 2 aromatic rings. The van der Waals surface area contributed by atoms with Gasteiger partial charge in [-0.3, -0.25) is 4.79 Å². The Labute approximate surface area is 174 Å². The number of halogens is 1. The molecule has 1 saturated heterocycles. The Bertz CT molecular complexity index is 815. The smallest absolute Gasteiger partial charge is 0.222 e. The second kappa shape index (κ2) is 10.5. The van der Waals surface area contributed by atoms with E-state index in [1.807, 2.05) is 24.3 Å². The molecule has 0 spiro atoms. The summed E-state index contributed by atoms with van der Waals surface area (Å²) >= 11 is 0. The third kappa shape index (κ3) is 5.99. The highest BCUT2D eigenvalue weighted by atomic mass is 19.1. The Kier molecular flexibility index (Phi) is 7.75. The van der Waals surface area contributed by atoms with Crippen LogP contribution < -0.4 is 15.4 Å². The third-order valence-electron chi connectivity index (χ3n) is 5.08. The van der Waals surface area contributed by atoms with Gasteiger partial charge in [-0.2, -0.15) is 0 Å². The fourth-order valence-corrected chi connectivity index (χ4v) is 3.32. The number of hydrogen-bond donors (Lipinski definition) is 4. The summed E-state index contributed by atoms with van der Waals surface area (Å²) in [6.45, 7) is 1.10. The van der Waals surface area contributed by atoms with Crippen molar-refractivity contribution in [3.8, 4) is 5.75 Å². The lowest BCUT2D eigenvalue weighted by molar-refractivity contribution is -0.125. The molecule has 0 bridgehead atoms. The molecule has 1 fully saturated rings. The van der Waals surface area contributed by atoms with Gasteiger partial charge in [-0.25, -0.2) is 4.39 Å². The van der Waals surface area contributed by atoms with Gasteiger partial charge in [0, 0.05) is 19.6 Å². The molecule has 30 heavy (non-hydrogen) atoms. The predicted molar refractivity (Wildman–Crippen MR) is 108 cm³/mol. The molecule has 0 aliphatic carbocycles. The Morgan fingerprint density at radius 1 is 1.00 bits per heavy atom. The van der Waals surface area contributed by atoms with Gasteiger partial charge >= 0.3 is 0 Å². The second-order valence-electron chi connectivity index (χ2n) is 7.28. The maximum atomic E-state index is 12.9. The fraction of sp³-hybridized carbons (Fsp3) is 0.409. The summed E-state index contributed by atoms with van der Waals surface area (Å²) in [4.78, 5) is 12.2. The first kappa shape index (κ1) is 22.2. The highest BCUT2D eigenvalue weighted by Crippen LogP contribution is 2.23. The summed E-state index contributed by atoms with van der Waals surface area (Å²) < 4.78 is 23.7. The van der Waals surface area contributed by atoms with Gasteiger partial charge in [0.25, 0.3) is 0 Å². The summed E-state index contributed by atoms with van der Waals surface area (Å²) in [5.74, 6) is 0.159. The molecular weight excluding hydrogens is 391 g/mol. The van der Waals surface area contributed by atoms with Crippen LogP contribution in [0.4, 0.5) is 4.39 Å². The first-order chi connectivity index (χ1) is 14.5. The quantitative estimate of drug-likeness (QED) is 0.487. The van der Waals surface area contributed by atoms with Crippen molar-refractivity contribution < 1.29 is 28.9 Å². The average molecular weight is 418 g/mol. The molecule has 1 amide bonds. The van der Waals surface area contributed by atoms with E-state index in [0.29, 0.717) is 19.6 Å². The Balaban J connectivity index is 1.42. The number of hydrogen-bond acceptors (Lipinski definition) is 6. The highest BCUT2D eigenvalue weighted by molar-refractivity contribution is 5.76. The van der Waals surface area contributed by atoms with Crippen LogP contribution >= 0.6 is 0 Å². The molecule has 1 aliphatic heterocycles. The molecule has 0 unspecified atom stereocenters. The van der Waals surface area contributed by atoms with Gasteiger partial charge in [0.2, 0.25) is 5.91 Å². The fourth-order valence-electron chi connectivity index (χ4n) is 3.32. The van der Waals surface area contributed by atoms with Gasteiger partial charge in [0.05, 0.1) is 25.7 Å². The van der Waals surface area contributed by atoms with E-state index in [0.717, 1.165) is 16.9 Å². The van der Waals surface area contributed by atoms with Gasteiger partial charge in [-0.1, -0.05) is 24.3 Å². The number of carbonyl (C=O) groups excluding carboxylic acids is 1. The predicted octanol–water partition coefficient (Wildman–Crippen LogP) is 1.12. The van der Waals surface area contributed by atoms with Crippen LogP contribution in [0.1, 0.15) is 17.5 Å². The average Bonchev–Trinajstić information content (AvgIpc) is 3.02. The van der Waals surface area contributed by atoms with E-state index in [1.165, 1.54) is 12.1 Å². The van der Waals surface area contributed by atoms with Gasteiger partial charge in [0.1, 0.15) is 23.8 Å². The molecule has 162 valence electrons. The van der Waals surface area contributed by atoms with Gasteiger partial charge in [-0.05, 0) is 35.4 Å². The van der Waals surface area contributed by atoms with Crippen molar-refractivity contribution in [3.05, 3.63) is 65.5 Å². The number of carbonyl (C=O) groups is 1. The van der Waals surface area contributed by atoms with Crippen molar-refractivity contribution in [3.63, 3.8) is 0 Å². The molecule has 3 rings (SSSR count). The number of benzene rings is 2. The van der Waals surface area contributed by atoms with Gasteiger partial charge < -0.3 is 30.3 Å². The zero-order valence-electron chi connectivity index (χ0n) is 16.8. The molecule has 0 radical (unpaired) electrons. The molecule has 0 aromatic heterocycles. The van der Waals surface area contributed by atoms with Crippen LogP contribution in [0.5, 0.6) is 5.75 Å². The maximum Gasteiger partial charge on any atom is 0.222 e. The summed E-state index contributed by atoms with van der Waals surface area (Å²) in [6.07, 6.45) is -3.71. The van der Waals surface area contributed by atoms with Crippen LogP contribution in [0.3, 0.4) is 0 Å². The van der Waals surface area contributed by atoms with E-state index < -0.39 is 24.4 Å². The molecule has 4 N–H and O–H groups in total. The summed E-state index contributed by atoms with van der Waals surface area (Å²) in [7, 11) is 1.59. The number of rotatable bonds is 9. The molecule has 1 heterocycles. The van der Waals surface area contributed by atoms with E-state index >= 15 is 0 Å². The van der Waals surface area contributed by atoms with E-state index in [1.54, 1.807) is 19.2 Å². The zero-order chi connectivity index (χ0) is 21.5. The van der Waals surface area contributed by atoms with E-state index in [2.05, 4.69) is 10.6 Å². The second-order valence-corrected chi connectivity index (χ2v) is 7.28. The topological polar surface area (TPSA) is 100 Å². The van der Waals surface area contributed by atoms with Gasteiger partial charge in [0.15, 0.2) is 0 Å². The Hall–Kier alpha value is -2.52. The molecule has 1 aliphatic rings. The minimum absolute atomic E-state index is 0.0527. The lowest BCUT2D eigenvalue weighted by Crippen LogP contribution is -2.38. The third-order valence-corrected chi connectivity index (χ3v) is 5.08. The highest BCUT2D eigenvalue weighted by Gasteiger charge is 2.42. The van der Waals surface area contributed by atoms with Crippen LogP contribution in [0.15, 0.2) is 48.5 Å². The molecule has 0 saturated carbocycles. The minimum Gasteiger partial charge on any atom is -0.497 e.